The van der Waals surface area contributed by atoms with E-state index in [1.54, 1.807) is 17.1 Å². The van der Waals surface area contributed by atoms with Gasteiger partial charge in [-0.15, -0.1) is 5.11 Å². The zero-order valence-electron chi connectivity index (χ0n) is 27.1. The van der Waals surface area contributed by atoms with Gasteiger partial charge >= 0.3 is 0 Å². The molecule has 8 nitrogen and oxygen atoms in total. The van der Waals surface area contributed by atoms with Gasteiger partial charge in [-0.2, -0.15) is 5.11 Å². The Morgan fingerprint density at radius 1 is 0.837 bits per heavy atom. The lowest BCUT2D eigenvalue weighted by molar-refractivity contribution is 0.0951. The van der Waals surface area contributed by atoms with E-state index in [4.69, 9.17) is 5.73 Å². The number of benzene rings is 6. The minimum atomic E-state index is -0.551. The molecule has 0 atom stereocenters. The van der Waals surface area contributed by atoms with Gasteiger partial charge in [-0.05, 0) is 84.5 Å². The summed E-state index contributed by atoms with van der Waals surface area (Å²) in [7, 11) is 0. The lowest BCUT2D eigenvalue weighted by Crippen LogP contribution is -2.39. The van der Waals surface area contributed by atoms with Crippen LogP contribution in [0.2, 0.25) is 0 Å². The number of hydrazine groups is 1. The fourth-order valence-electron chi connectivity index (χ4n) is 6.29. The third kappa shape index (κ3) is 5.85. The second-order valence-electron chi connectivity index (χ2n) is 12.1. The van der Waals surface area contributed by atoms with Crippen LogP contribution in [0, 0.1) is 5.82 Å². The number of hydrogen-bond acceptors (Lipinski definition) is 6. The van der Waals surface area contributed by atoms with Crippen molar-refractivity contribution in [1.29, 1.82) is 0 Å². The summed E-state index contributed by atoms with van der Waals surface area (Å²) in [5.41, 5.74) is 13.6. The molecule has 0 saturated heterocycles. The monoisotopic (exact) mass is 650 g/mol. The predicted octanol–water partition coefficient (Wildman–Crippen LogP) is 10.2. The Bertz CT molecular complexity index is 2290. The van der Waals surface area contributed by atoms with Crippen molar-refractivity contribution < 1.29 is 14.3 Å². The number of aromatic amines is 1. The van der Waals surface area contributed by atoms with E-state index >= 15 is 0 Å². The molecule has 0 aliphatic rings. The van der Waals surface area contributed by atoms with Gasteiger partial charge in [0.15, 0.2) is 5.75 Å². The van der Waals surface area contributed by atoms with Crippen molar-refractivity contribution in [2.24, 2.45) is 16.0 Å². The molecule has 1 amide bonds. The van der Waals surface area contributed by atoms with E-state index in [9.17, 15) is 14.3 Å². The molecule has 9 heteroatoms. The average Bonchev–Trinajstić information content (AvgIpc) is 3.51. The Morgan fingerprint density at radius 2 is 1.49 bits per heavy atom. The minimum Gasteiger partial charge on any atom is -0.505 e. The number of rotatable bonds is 9. The molecule has 49 heavy (non-hydrogen) atoms. The molecule has 1 aromatic heterocycles. The van der Waals surface area contributed by atoms with Gasteiger partial charge < -0.3 is 15.8 Å². The number of nitrogens with one attached hydrogen (secondary N) is 2. The van der Waals surface area contributed by atoms with Crippen LogP contribution in [0.15, 0.2) is 132 Å². The number of H-pyrrole nitrogens is 1. The highest BCUT2D eigenvalue weighted by Crippen LogP contribution is 2.44. The Balaban J connectivity index is 1.37. The van der Waals surface area contributed by atoms with Crippen LogP contribution in [-0.4, -0.2) is 16.0 Å². The number of carbonyl (C=O) groups excluding carboxylic acids is 1. The summed E-state index contributed by atoms with van der Waals surface area (Å²) in [5.74, 6) is -1.26. The van der Waals surface area contributed by atoms with Gasteiger partial charge in [-0.3, -0.25) is 15.2 Å². The van der Waals surface area contributed by atoms with Crippen molar-refractivity contribution in [3.63, 3.8) is 0 Å². The normalized spacial score (nSPS) is 11.9. The highest BCUT2D eigenvalue weighted by atomic mass is 19.1. The first-order valence-corrected chi connectivity index (χ1v) is 16.2. The third-order valence-electron chi connectivity index (χ3n) is 9.24. The van der Waals surface area contributed by atoms with Crippen molar-refractivity contribution in [2.75, 3.05) is 5.01 Å². The van der Waals surface area contributed by atoms with Gasteiger partial charge in [0.05, 0.1) is 28.1 Å². The standard InChI is InChI=1S/C40H35FN6O2/c1-3-40(42,4-2)26-16-19-28(20-17-26)44-45-37-35-25(15-21-31-32-24-27(41)18-22-34(32)43-36(31)35)23-33(38(37)48)39(49)46-47(29-11-7-5-8-12-29)30-13-9-6-10-14-30/h5-24,43,48H,3-4,42H2,1-2H3,(H,46,49). The molecule has 0 bridgehead atoms. The fraction of sp³-hybridized carbons (Fsp3) is 0.125. The molecule has 0 aliphatic heterocycles. The SMILES string of the molecule is CCC(N)(CC)c1ccc(N=Nc2c(O)c(C(=O)NN(c3ccccc3)c3ccccc3)cc3ccc4c5cc(F)ccc5[nH]c4c23)cc1. The molecular weight excluding hydrogens is 615 g/mol. The molecule has 0 aliphatic carbocycles. The number of aromatic nitrogens is 1. The second-order valence-corrected chi connectivity index (χ2v) is 12.1. The van der Waals surface area contributed by atoms with Crippen molar-refractivity contribution in [2.45, 2.75) is 32.2 Å². The number of nitrogens with two attached hydrogens (primary N) is 1. The van der Waals surface area contributed by atoms with E-state index in [1.807, 2.05) is 97.1 Å². The van der Waals surface area contributed by atoms with E-state index in [-0.39, 0.29) is 22.8 Å². The summed E-state index contributed by atoms with van der Waals surface area (Å²) in [5, 5.41) is 25.2. The highest BCUT2D eigenvalue weighted by molar-refractivity contribution is 6.22. The summed E-state index contributed by atoms with van der Waals surface area (Å²) in [6, 6.07) is 36.2. The highest BCUT2D eigenvalue weighted by Gasteiger charge is 2.24. The largest absolute Gasteiger partial charge is 0.505 e. The molecule has 7 rings (SSSR count). The molecule has 0 radical (unpaired) electrons. The van der Waals surface area contributed by atoms with Gasteiger partial charge in [0.1, 0.15) is 11.5 Å². The summed E-state index contributed by atoms with van der Waals surface area (Å²) < 4.78 is 14.3. The summed E-state index contributed by atoms with van der Waals surface area (Å²) in [4.78, 5) is 17.4. The van der Waals surface area contributed by atoms with E-state index < -0.39 is 11.4 Å². The maximum atomic E-state index is 14.3. The molecule has 0 unspecified atom stereocenters. The van der Waals surface area contributed by atoms with Crippen molar-refractivity contribution in [1.82, 2.24) is 10.4 Å². The van der Waals surface area contributed by atoms with Crippen molar-refractivity contribution in [3.05, 3.63) is 138 Å². The first kappa shape index (κ1) is 31.5. The lowest BCUT2D eigenvalue weighted by Gasteiger charge is -2.27. The molecule has 5 N–H and O–H groups in total. The average molecular weight is 651 g/mol. The van der Waals surface area contributed by atoms with E-state index in [0.29, 0.717) is 27.4 Å². The Morgan fingerprint density at radius 3 is 2.12 bits per heavy atom. The minimum absolute atomic E-state index is 0.00831. The van der Waals surface area contributed by atoms with Crippen LogP contribution in [0.4, 0.5) is 27.1 Å². The van der Waals surface area contributed by atoms with Crippen LogP contribution in [-0.2, 0) is 5.54 Å². The zero-order valence-corrected chi connectivity index (χ0v) is 27.1. The van der Waals surface area contributed by atoms with Gasteiger partial charge in [-0.25, -0.2) is 4.39 Å². The summed E-state index contributed by atoms with van der Waals surface area (Å²) >= 11 is 0. The lowest BCUT2D eigenvalue weighted by atomic mass is 9.86. The molecule has 1 heterocycles. The van der Waals surface area contributed by atoms with Crippen LogP contribution < -0.4 is 16.2 Å². The first-order chi connectivity index (χ1) is 23.8. The van der Waals surface area contributed by atoms with Gasteiger partial charge in [0.25, 0.3) is 5.91 Å². The maximum Gasteiger partial charge on any atom is 0.273 e. The zero-order chi connectivity index (χ0) is 34.1. The third-order valence-corrected chi connectivity index (χ3v) is 9.24. The smallest absolute Gasteiger partial charge is 0.273 e. The molecule has 6 aromatic carbocycles. The summed E-state index contributed by atoms with van der Waals surface area (Å²) in [6.07, 6.45) is 1.57. The van der Waals surface area contributed by atoms with Crippen molar-refractivity contribution >= 4 is 61.2 Å². The Hall–Kier alpha value is -6.06. The first-order valence-electron chi connectivity index (χ1n) is 16.2. The van der Waals surface area contributed by atoms with Crippen LogP contribution in [0.5, 0.6) is 5.75 Å². The number of carbonyl (C=O) groups is 1. The Kier molecular flexibility index (Phi) is 8.27. The van der Waals surface area contributed by atoms with Crippen LogP contribution in [0.1, 0.15) is 42.6 Å². The van der Waals surface area contributed by atoms with Crippen molar-refractivity contribution in [3.8, 4) is 5.75 Å². The molecule has 0 spiro atoms. The number of fused-ring (bicyclic) bond motifs is 5. The molecule has 244 valence electrons. The van der Waals surface area contributed by atoms with Gasteiger partial charge in [0.2, 0.25) is 0 Å². The van der Waals surface area contributed by atoms with Gasteiger partial charge in [0, 0.05) is 27.2 Å². The molecular formula is C40H35FN6O2. The number of phenolic OH excluding ortho intramolecular Hbond substituents is 1. The number of hydrogen-bond donors (Lipinski definition) is 4. The Labute approximate surface area is 282 Å². The number of nitrogens with zero attached hydrogens (tertiary/aromatic N) is 3. The summed E-state index contributed by atoms with van der Waals surface area (Å²) in [6.45, 7) is 4.12. The second kappa shape index (κ2) is 12.9. The van der Waals surface area contributed by atoms with E-state index in [2.05, 4.69) is 34.5 Å². The quantitative estimate of drug-likeness (QED) is 0.0918. The predicted molar refractivity (Wildman–Crippen MR) is 194 cm³/mol. The number of para-hydroxylation sites is 2. The fourth-order valence-corrected chi connectivity index (χ4v) is 6.29. The van der Waals surface area contributed by atoms with Crippen LogP contribution in [0.25, 0.3) is 32.6 Å². The molecule has 0 saturated carbocycles. The van der Waals surface area contributed by atoms with Gasteiger partial charge in [-0.1, -0.05) is 74.5 Å². The number of anilines is 2. The number of amides is 1. The number of azo groups is 1. The number of phenols is 1. The molecule has 7 aromatic rings. The van der Waals surface area contributed by atoms with Crippen LogP contribution in [0.3, 0.4) is 0 Å². The molecule has 0 fully saturated rings. The maximum absolute atomic E-state index is 14.3. The van der Waals surface area contributed by atoms with E-state index in [1.165, 1.54) is 12.1 Å². The number of halogens is 1. The topological polar surface area (TPSA) is 119 Å². The number of aromatic hydroxyl groups is 1. The van der Waals surface area contributed by atoms with E-state index in [0.717, 1.165) is 40.7 Å². The van der Waals surface area contributed by atoms with Crippen LogP contribution >= 0.6 is 0 Å².